The van der Waals surface area contributed by atoms with Crippen molar-refractivity contribution in [1.29, 1.82) is 0 Å². The van der Waals surface area contributed by atoms with Crippen molar-refractivity contribution in [1.82, 2.24) is 24.9 Å². The van der Waals surface area contributed by atoms with Crippen molar-refractivity contribution in [3.8, 4) is 79.2 Å². The molecule has 3 heterocycles. The summed E-state index contributed by atoms with van der Waals surface area (Å²) in [7, 11) is 0. The molecule has 0 spiro atoms. The van der Waals surface area contributed by atoms with Crippen molar-refractivity contribution in [3.05, 3.63) is 188 Å². The van der Waals surface area contributed by atoms with Crippen molar-refractivity contribution in [2.45, 2.75) is 0 Å². The van der Waals surface area contributed by atoms with Gasteiger partial charge in [0.1, 0.15) is 0 Å². The average molecular weight is 722 g/mol. The lowest BCUT2D eigenvalue weighted by molar-refractivity contribution is 1.08. The molecule has 10 aromatic rings. The van der Waals surface area contributed by atoms with Crippen LogP contribution in [0.1, 0.15) is 0 Å². The first kappa shape index (κ1) is 32.5. The predicted octanol–water partition coefficient (Wildman–Crippen LogP) is 12.7. The zero-order valence-corrected chi connectivity index (χ0v) is 30.4. The Kier molecular flexibility index (Phi) is 8.28. The van der Waals surface area contributed by atoms with E-state index in [1.54, 1.807) is 11.3 Å². The van der Waals surface area contributed by atoms with Gasteiger partial charge in [0.25, 0.3) is 0 Å². The van der Waals surface area contributed by atoms with Crippen LogP contribution in [0.4, 0.5) is 0 Å². The lowest BCUT2D eigenvalue weighted by Gasteiger charge is -2.11. The Balaban J connectivity index is 1.14. The molecule has 0 aliphatic rings. The highest BCUT2D eigenvalue weighted by Gasteiger charge is 2.19. The van der Waals surface area contributed by atoms with E-state index in [-0.39, 0.29) is 0 Å². The van der Waals surface area contributed by atoms with Crippen LogP contribution in [0.3, 0.4) is 0 Å². The van der Waals surface area contributed by atoms with Gasteiger partial charge in [-0.3, -0.25) is 0 Å². The van der Waals surface area contributed by atoms with Crippen LogP contribution in [0.5, 0.6) is 0 Å². The molecule has 258 valence electrons. The topological polar surface area (TPSA) is 64.5 Å². The highest BCUT2D eigenvalue weighted by atomic mass is 32.1. The third kappa shape index (κ3) is 6.35. The fourth-order valence-corrected chi connectivity index (χ4v) is 8.14. The summed E-state index contributed by atoms with van der Waals surface area (Å²) >= 11 is 1.76. The van der Waals surface area contributed by atoms with Crippen LogP contribution in [0.15, 0.2) is 188 Å². The van der Waals surface area contributed by atoms with E-state index >= 15 is 0 Å². The van der Waals surface area contributed by atoms with Gasteiger partial charge in [0.2, 0.25) is 0 Å². The van der Waals surface area contributed by atoms with E-state index in [1.165, 1.54) is 10.3 Å². The lowest BCUT2D eigenvalue weighted by Crippen LogP contribution is -2.00. The summed E-state index contributed by atoms with van der Waals surface area (Å²) in [4.78, 5) is 25.6. The van der Waals surface area contributed by atoms with E-state index < -0.39 is 0 Å². The summed E-state index contributed by atoms with van der Waals surface area (Å²) in [5.41, 5.74) is 9.90. The van der Waals surface area contributed by atoms with Crippen LogP contribution in [0, 0.1) is 0 Å². The number of benzene rings is 7. The molecule has 0 atom stereocenters. The lowest BCUT2D eigenvalue weighted by atomic mass is 10.0. The van der Waals surface area contributed by atoms with Gasteiger partial charge >= 0.3 is 0 Å². The fraction of sp³-hybridized carbons (Fsp3) is 0. The molecule has 10 rings (SSSR count). The molecule has 6 heteroatoms. The van der Waals surface area contributed by atoms with E-state index in [4.69, 9.17) is 24.9 Å². The van der Waals surface area contributed by atoms with Crippen LogP contribution < -0.4 is 0 Å². The Labute approximate surface area is 322 Å². The summed E-state index contributed by atoms with van der Waals surface area (Å²) in [5.74, 6) is 2.55. The smallest absolute Gasteiger partial charge is 0.164 e. The molecular weight excluding hydrogens is 691 g/mol. The summed E-state index contributed by atoms with van der Waals surface area (Å²) in [6, 6.07) is 64.5. The SMILES string of the molecule is c1ccc(-c2ccc(-c3nc(-c4ccccc4)nc(-c4cccc5sc6ccc(-c7nc(-c8ccccc8)cc(-c8ccccc8)n7)cc6c45)n3)cc2)cc1. The number of rotatable bonds is 7. The molecule has 5 nitrogen and oxygen atoms in total. The minimum atomic E-state index is 0.625. The molecule has 0 aliphatic heterocycles. The minimum Gasteiger partial charge on any atom is -0.228 e. The zero-order chi connectivity index (χ0) is 36.6. The Hall–Kier alpha value is -7.15. The maximum Gasteiger partial charge on any atom is 0.164 e. The van der Waals surface area contributed by atoms with Gasteiger partial charge in [-0.25, -0.2) is 24.9 Å². The third-order valence-electron chi connectivity index (χ3n) is 9.78. The number of thiophene rings is 1. The molecule has 0 radical (unpaired) electrons. The van der Waals surface area contributed by atoms with Crippen molar-refractivity contribution in [3.63, 3.8) is 0 Å². The summed E-state index contributed by atoms with van der Waals surface area (Å²) in [6.45, 7) is 0. The fourth-order valence-electron chi connectivity index (χ4n) is 7.03. The van der Waals surface area contributed by atoms with Gasteiger partial charge < -0.3 is 0 Å². The quantitative estimate of drug-likeness (QED) is 0.164. The molecule has 0 aliphatic carbocycles. The van der Waals surface area contributed by atoms with Crippen LogP contribution in [-0.4, -0.2) is 24.9 Å². The van der Waals surface area contributed by atoms with E-state index in [0.717, 1.165) is 65.8 Å². The van der Waals surface area contributed by atoms with Gasteiger partial charge in [-0.05, 0) is 41.5 Å². The molecule has 0 bridgehead atoms. The van der Waals surface area contributed by atoms with Gasteiger partial charge in [0.05, 0.1) is 11.4 Å². The van der Waals surface area contributed by atoms with E-state index in [1.807, 2.05) is 72.8 Å². The largest absolute Gasteiger partial charge is 0.228 e. The molecular formula is C49H31N5S. The normalized spacial score (nSPS) is 11.3. The minimum absolute atomic E-state index is 0.625. The van der Waals surface area contributed by atoms with Crippen molar-refractivity contribution >= 4 is 31.5 Å². The molecule has 0 amide bonds. The number of fused-ring (bicyclic) bond motifs is 3. The number of nitrogens with zero attached hydrogens (tertiary/aromatic N) is 5. The molecule has 0 unspecified atom stereocenters. The van der Waals surface area contributed by atoms with Gasteiger partial charge in [-0.2, -0.15) is 0 Å². The third-order valence-corrected chi connectivity index (χ3v) is 10.9. The number of aromatic nitrogens is 5. The highest BCUT2D eigenvalue weighted by Crippen LogP contribution is 2.41. The van der Waals surface area contributed by atoms with E-state index in [2.05, 4.69) is 115 Å². The molecule has 0 fully saturated rings. The second kappa shape index (κ2) is 14.0. The summed E-state index contributed by atoms with van der Waals surface area (Å²) in [6.07, 6.45) is 0. The monoisotopic (exact) mass is 721 g/mol. The van der Waals surface area contributed by atoms with Gasteiger partial charge in [-0.15, -0.1) is 11.3 Å². The Morgan fingerprint density at radius 2 is 0.745 bits per heavy atom. The maximum absolute atomic E-state index is 5.17. The van der Waals surface area contributed by atoms with E-state index in [0.29, 0.717) is 23.3 Å². The van der Waals surface area contributed by atoms with Gasteiger partial charge in [-0.1, -0.05) is 158 Å². The first-order valence-corrected chi connectivity index (χ1v) is 19.0. The summed E-state index contributed by atoms with van der Waals surface area (Å²) in [5, 5.41) is 2.21. The molecule has 3 aromatic heterocycles. The predicted molar refractivity (Wildman–Crippen MR) is 226 cm³/mol. The van der Waals surface area contributed by atoms with Gasteiger partial charge in [0.15, 0.2) is 23.3 Å². The highest BCUT2D eigenvalue weighted by molar-refractivity contribution is 7.26. The van der Waals surface area contributed by atoms with Crippen LogP contribution in [-0.2, 0) is 0 Å². The second-order valence-electron chi connectivity index (χ2n) is 13.3. The zero-order valence-electron chi connectivity index (χ0n) is 29.5. The number of hydrogen-bond donors (Lipinski definition) is 0. The Bertz CT molecular complexity index is 2890. The maximum atomic E-state index is 5.17. The standard InChI is InChI=1S/C49H31N5S/c1-5-14-32(15-6-1)33-24-26-37(27-25-33)47-52-46(36-20-11-4-12-21-36)53-49(54-47)39-22-13-23-44-45(39)40-30-38(28-29-43(40)55-44)48-50-41(34-16-7-2-8-17-34)31-42(51-48)35-18-9-3-10-19-35/h1-31H. The van der Waals surface area contributed by atoms with Crippen molar-refractivity contribution in [2.75, 3.05) is 0 Å². The molecule has 0 saturated heterocycles. The Morgan fingerprint density at radius 3 is 1.35 bits per heavy atom. The van der Waals surface area contributed by atoms with Crippen LogP contribution in [0.2, 0.25) is 0 Å². The van der Waals surface area contributed by atoms with Gasteiger partial charge in [0, 0.05) is 53.6 Å². The van der Waals surface area contributed by atoms with Crippen LogP contribution in [0.25, 0.3) is 99.4 Å². The second-order valence-corrected chi connectivity index (χ2v) is 14.4. The van der Waals surface area contributed by atoms with E-state index in [9.17, 15) is 0 Å². The average Bonchev–Trinajstić information content (AvgIpc) is 3.66. The molecule has 0 N–H and O–H groups in total. The van der Waals surface area contributed by atoms with Crippen molar-refractivity contribution < 1.29 is 0 Å². The number of hydrogen-bond acceptors (Lipinski definition) is 6. The molecule has 0 saturated carbocycles. The first-order chi connectivity index (χ1) is 27.2. The first-order valence-electron chi connectivity index (χ1n) is 18.2. The molecule has 55 heavy (non-hydrogen) atoms. The van der Waals surface area contributed by atoms with Crippen LogP contribution >= 0.6 is 11.3 Å². The Morgan fingerprint density at radius 1 is 0.291 bits per heavy atom. The molecule has 7 aromatic carbocycles. The van der Waals surface area contributed by atoms with Crippen molar-refractivity contribution in [2.24, 2.45) is 0 Å². The summed E-state index contributed by atoms with van der Waals surface area (Å²) < 4.78 is 2.33.